The molecular formula is C20H25N5O5S. The number of hydrogen-bond donors (Lipinski definition) is 0. The average molecular weight is 448 g/mol. The molecule has 0 spiro atoms. The minimum Gasteiger partial charge on any atom is -0.338 e. The third kappa shape index (κ3) is 3.94. The fraction of sp³-hybridized carbons (Fsp3) is 0.500. The van der Waals surface area contributed by atoms with E-state index in [2.05, 4.69) is 5.10 Å². The summed E-state index contributed by atoms with van der Waals surface area (Å²) >= 11 is 0. The molecule has 2 aliphatic rings. The third-order valence-corrected chi connectivity index (χ3v) is 8.00. The Kier molecular flexibility index (Phi) is 5.56. The molecule has 1 fully saturated rings. The molecule has 11 heteroatoms. The first-order valence-electron chi connectivity index (χ1n) is 10.3. The molecule has 0 radical (unpaired) electrons. The summed E-state index contributed by atoms with van der Waals surface area (Å²) in [5.41, 5.74) is 2.83. The Morgan fingerprint density at radius 3 is 2.45 bits per heavy atom. The summed E-state index contributed by atoms with van der Waals surface area (Å²) in [6.07, 6.45) is 2.96. The number of sulfonamides is 1. The predicted molar refractivity (Wildman–Crippen MR) is 112 cm³/mol. The Balaban J connectivity index is 1.41. The monoisotopic (exact) mass is 447 g/mol. The standard InChI is InChI=1S/C20H25N5O5S/c1-14-20(25(27)28)15(2)24(21-14)13-19(26)22-8-10-23(11-9-22)31(29,30)18-7-6-16-4-3-5-17(16)12-18/h6-7,12H,3-5,8-11,13H2,1-2H3. The number of nitrogens with zero attached hydrogens (tertiary/aromatic N) is 5. The zero-order valence-electron chi connectivity index (χ0n) is 17.6. The highest BCUT2D eigenvalue weighted by atomic mass is 32.2. The van der Waals surface area contributed by atoms with Crippen LogP contribution in [0.2, 0.25) is 0 Å². The van der Waals surface area contributed by atoms with Gasteiger partial charge in [0, 0.05) is 26.2 Å². The topological polar surface area (TPSA) is 119 Å². The van der Waals surface area contributed by atoms with Crippen LogP contribution in [0.3, 0.4) is 0 Å². The summed E-state index contributed by atoms with van der Waals surface area (Å²) < 4.78 is 28.9. The van der Waals surface area contributed by atoms with Crippen LogP contribution in [0.25, 0.3) is 0 Å². The molecule has 0 saturated carbocycles. The summed E-state index contributed by atoms with van der Waals surface area (Å²) in [4.78, 5) is 25.2. The lowest BCUT2D eigenvalue weighted by Crippen LogP contribution is -2.51. The molecule has 31 heavy (non-hydrogen) atoms. The van der Waals surface area contributed by atoms with E-state index in [-0.39, 0.29) is 50.0 Å². The van der Waals surface area contributed by atoms with Crippen LogP contribution in [0.1, 0.15) is 28.9 Å². The van der Waals surface area contributed by atoms with Crippen molar-refractivity contribution in [1.82, 2.24) is 19.0 Å². The Labute approximate surface area is 180 Å². The molecule has 1 saturated heterocycles. The molecule has 0 N–H and O–H groups in total. The molecule has 0 atom stereocenters. The molecule has 10 nitrogen and oxygen atoms in total. The van der Waals surface area contributed by atoms with E-state index in [0.29, 0.717) is 10.6 Å². The van der Waals surface area contributed by atoms with E-state index in [4.69, 9.17) is 0 Å². The predicted octanol–water partition coefficient (Wildman–Crippen LogP) is 1.43. The van der Waals surface area contributed by atoms with Crippen molar-refractivity contribution in [3.63, 3.8) is 0 Å². The van der Waals surface area contributed by atoms with Gasteiger partial charge < -0.3 is 4.90 Å². The molecule has 166 valence electrons. The van der Waals surface area contributed by atoms with Gasteiger partial charge in [0.15, 0.2) is 0 Å². The summed E-state index contributed by atoms with van der Waals surface area (Å²) in [6, 6.07) is 5.36. The fourth-order valence-corrected chi connectivity index (χ4v) is 5.84. The number of fused-ring (bicyclic) bond motifs is 1. The molecular weight excluding hydrogens is 422 g/mol. The Hall–Kier alpha value is -2.79. The van der Waals surface area contributed by atoms with E-state index < -0.39 is 14.9 Å². The van der Waals surface area contributed by atoms with Crippen molar-refractivity contribution < 1.29 is 18.1 Å². The van der Waals surface area contributed by atoms with Gasteiger partial charge in [-0.05, 0) is 56.4 Å². The summed E-state index contributed by atoms with van der Waals surface area (Å²) in [6.45, 7) is 3.94. The van der Waals surface area contributed by atoms with Gasteiger partial charge in [-0.15, -0.1) is 0 Å². The zero-order valence-corrected chi connectivity index (χ0v) is 18.4. The molecule has 1 aromatic carbocycles. The van der Waals surface area contributed by atoms with E-state index in [0.717, 1.165) is 24.8 Å². The first-order valence-corrected chi connectivity index (χ1v) is 11.7. The van der Waals surface area contributed by atoms with Crippen molar-refractivity contribution >= 4 is 21.6 Å². The SMILES string of the molecule is Cc1nn(CC(=O)N2CCN(S(=O)(=O)c3ccc4c(c3)CCC4)CC2)c(C)c1[N+](=O)[O-]. The number of benzene rings is 1. The number of aryl methyl sites for hydroxylation is 3. The number of amides is 1. The van der Waals surface area contributed by atoms with Crippen LogP contribution < -0.4 is 0 Å². The van der Waals surface area contributed by atoms with Gasteiger partial charge in [0.1, 0.15) is 17.9 Å². The average Bonchev–Trinajstić information content (AvgIpc) is 3.31. The van der Waals surface area contributed by atoms with Gasteiger partial charge in [-0.3, -0.25) is 19.6 Å². The fourth-order valence-electron chi connectivity index (χ4n) is 4.37. The normalized spacial score (nSPS) is 17.0. The van der Waals surface area contributed by atoms with E-state index >= 15 is 0 Å². The number of carbonyl (C=O) groups is 1. The van der Waals surface area contributed by atoms with E-state index in [1.165, 1.54) is 21.5 Å². The highest BCUT2D eigenvalue weighted by Crippen LogP contribution is 2.27. The number of nitro groups is 1. The van der Waals surface area contributed by atoms with Crippen LogP contribution >= 0.6 is 0 Å². The smallest absolute Gasteiger partial charge is 0.312 e. The van der Waals surface area contributed by atoms with Gasteiger partial charge >= 0.3 is 5.69 Å². The van der Waals surface area contributed by atoms with E-state index in [1.807, 2.05) is 6.07 Å². The lowest BCUT2D eigenvalue weighted by Gasteiger charge is -2.34. The second-order valence-corrected chi connectivity index (χ2v) is 9.94. The molecule has 1 aromatic heterocycles. The van der Waals surface area contributed by atoms with E-state index in [9.17, 15) is 23.3 Å². The minimum absolute atomic E-state index is 0.0851. The van der Waals surface area contributed by atoms with Gasteiger partial charge in [-0.25, -0.2) is 8.42 Å². The van der Waals surface area contributed by atoms with Crippen molar-refractivity contribution in [1.29, 1.82) is 0 Å². The van der Waals surface area contributed by atoms with Crippen molar-refractivity contribution in [2.24, 2.45) is 0 Å². The molecule has 1 amide bonds. The highest BCUT2D eigenvalue weighted by Gasteiger charge is 2.31. The first kappa shape index (κ1) is 21.4. The van der Waals surface area contributed by atoms with Crippen molar-refractivity contribution in [3.05, 3.63) is 50.8 Å². The summed E-state index contributed by atoms with van der Waals surface area (Å²) in [7, 11) is -3.61. The van der Waals surface area contributed by atoms with Gasteiger partial charge in [0.25, 0.3) is 0 Å². The van der Waals surface area contributed by atoms with Crippen LogP contribution in [0.4, 0.5) is 5.69 Å². The van der Waals surface area contributed by atoms with Crippen LogP contribution in [-0.2, 0) is 34.2 Å². The summed E-state index contributed by atoms with van der Waals surface area (Å²) in [5.74, 6) is -0.241. The second-order valence-electron chi connectivity index (χ2n) is 8.00. The molecule has 0 bridgehead atoms. The largest absolute Gasteiger partial charge is 0.338 e. The van der Waals surface area contributed by atoms with Gasteiger partial charge in [0.2, 0.25) is 15.9 Å². The van der Waals surface area contributed by atoms with Crippen LogP contribution in [0, 0.1) is 24.0 Å². The van der Waals surface area contributed by atoms with Gasteiger partial charge in [-0.2, -0.15) is 9.40 Å². The molecule has 0 unspecified atom stereocenters. The minimum atomic E-state index is -3.61. The highest BCUT2D eigenvalue weighted by molar-refractivity contribution is 7.89. The lowest BCUT2D eigenvalue weighted by molar-refractivity contribution is -0.386. The van der Waals surface area contributed by atoms with Crippen molar-refractivity contribution in [2.45, 2.75) is 44.6 Å². The summed E-state index contributed by atoms with van der Waals surface area (Å²) in [5, 5.41) is 15.3. The van der Waals surface area contributed by atoms with Crippen molar-refractivity contribution in [3.8, 4) is 0 Å². The molecule has 1 aliphatic heterocycles. The van der Waals surface area contributed by atoms with Crippen molar-refractivity contribution in [2.75, 3.05) is 26.2 Å². The van der Waals surface area contributed by atoms with E-state index in [1.54, 1.807) is 24.0 Å². The second kappa shape index (κ2) is 8.04. The van der Waals surface area contributed by atoms with Crippen LogP contribution in [0.15, 0.2) is 23.1 Å². The number of carbonyl (C=O) groups excluding carboxylic acids is 1. The maximum atomic E-state index is 13.0. The van der Waals surface area contributed by atoms with Gasteiger partial charge in [-0.1, -0.05) is 6.07 Å². The maximum Gasteiger partial charge on any atom is 0.312 e. The lowest BCUT2D eigenvalue weighted by atomic mass is 10.1. The number of rotatable bonds is 5. The maximum absolute atomic E-state index is 13.0. The van der Waals surface area contributed by atoms with Gasteiger partial charge in [0.05, 0.1) is 9.82 Å². The Morgan fingerprint density at radius 2 is 1.81 bits per heavy atom. The Bertz CT molecular complexity index is 1150. The molecule has 1 aliphatic carbocycles. The number of aromatic nitrogens is 2. The zero-order chi connectivity index (χ0) is 22.3. The van der Waals surface area contributed by atoms with Crippen LogP contribution in [0.5, 0.6) is 0 Å². The molecule has 2 heterocycles. The third-order valence-electron chi connectivity index (χ3n) is 6.11. The number of piperazine rings is 1. The number of hydrogen-bond acceptors (Lipinski definition) is 6. The first-order chi connectivity index (χ1) is 14.7. The quantitative estimate of drug-likeness (QED) is 0.505. The molecule has 2 aromatic rings. The molecule has 4 rings (SSSR count). The van der Waals surface area contributed by atoms with Crippen LogP contribution in [-0.4, -0.2) is 64.4 Å². The Morgan fingerprint density at radius 1 is 1.13 bits per heavy atom.